The zero-order valence-corrected chi connectivity index (χ0v) is 6.22. The monoisotopic (exact) mass is 273 g/mol. The van der Waals surface area contributed by atoms with E-state index in [0.29, 0.717) is 0 Å². The molecule has 0 saturated carbocycles. The van der Waals surface area contributed by atoms with Gasteiger partial charge in [-0.25, -0.2) is 0 Å². The van der Waals surface area contributed by atoms with Gasteiger partial charge in [-0.2, -0.15) is 0 Å². The molecule has 0 bridgehead atoms. The summed E-state index contributed by atoms with van der Waals surface area (Å²) in [5, 5.41) is 0. The molecule has 0 unspecified atom stereocenters. The predicted octanol–water partition coefficient (Wildman–Crippen LogP) is -0.00780. The van der Waals surface area contributed by atoms with Crippen molar-refractivity contribution in [2.24, 2.45) is 0 Å². The first-order valence-electron chi connectivity index (χ1n) is 0.983. The molecule has 0 saturated heterocycles. The number of rotatable bonds is 0. The minimum absolute atomic E-state index is 0. The quantitative estimate of drug-likeness (QED) is 0.607. The van der Waals surface area contributed by atoms with E-state index in [4.69, 9.17) is 0 Å². The minimum Gasteiger partial charge on any atom is -0.260 e. The molecule has 0 amide bonds. The van der Waals surface area contributed by atoms with Gasteiger partial charge in [0.1, 0.15) is 0 Å². The van der Waals surface area contributed by atoms with Crippen LogP contribution in [0.25, 0.3) is 0 Å². The van der Waals surface area contributed by atoms with Crippen LogP contribution in [-0.2, 0) is 31.9 Å². The smallest absolute Gasteiger partial charge is 0.260 e. The Kier molecular flexibility index (Phi) is 8.98. The first kappa shape index (κ1) is 9.28. The standard InChI is InChI=1S/C2H6OS.Pt/c1-4(2)3;/h1-2H3;/q;+2. The van der Waals surface area contributed by atoms with Gasteiger partial charge in [0.15, 0.2) is 0 Å². The molecule has 0 aliphatic carbocycles. The van der Waals surface area contributed by atoms with Gasteiger partial charge >= 0.3 is 21.1 Å². The molecule has 0 aromatic carbocycles. The van der Waals surface area contributed by atoms with Crippen LogP contribution in [0.2, 0.25) is 0 Å². The summed E-state index contributed by atoms with van der Waals surface area (Å²) in [5.41, 5.74) is 0. The molecule has 3 heteroatoms. The number of hydrogen-bond donors (Lipinski definition) is 0. The van der Waals surface area contributed by atoms with Gasteiger partial charge in [0.05, 0.1) is 0 Å². The first-order chi connectivity index (χ1) is 1.73. The molecule has 0 aliphatic rings. The van der Waals surface area contributed by atoms with Crippen molar-refractivity contribution in [1.29, 1.82) is 0 Å². The second-order valence-electron chi connectivity index (χ2n) is 0.742. The van der Waals surface area contributed by atoms with Crippen molar-refractivity contribution in [1.82, 2.24) is 0 Å². The van der Waals surface area contributed by atoms with Crippen LogP contribution in [0.15, 0.2) is 0 Å². The zero-order valence-electron chi connectivity index (χ0n) is 3.13. The van der Waals surface area contributed by atoms with Crippen molar-refractivity contribution < 1.29 is 25.3 Å². The number of hydrogen-bond acceptors (Lipinski definition) is 1. The van der Waals surface area contributed by atoms with E-state index < -0.39 is 10.8 Å². The maximum Gasteiger partial charge on any atom is 2.00 e. The Morgan fingerprint density at radius 2 is 1.40 bits per heavy atom. The maximum atomic E-state index is 9.56. The molecule has 0 fully saturated rings. The SMILES string of the molecule is CS(C)=O.[Pt+2]. The Balaban J connectivity index is 0. The van der Waals surface area contributed by atoms with E-state index in [9.17, 15) is 4.21 Å². The van der Waals surface area contributed by atoms with Crippen LogP contribution < -0.4 is 0 Å². The second kappa shape index (κ2) is 4.84. The van der Waals surface area contributed by atoms with Crippen LogP contribution in [0, 0.1) is 0 Å². The van der Waals surface area contributed by atoms with Crippen molar-refractivity contribution in [2.75, 3.05) is 12.5 Å². The molecule has 0 rings (SSSR count). The van der Waals surface area contributed by atoms with Gasteiger partial charge in [0.2, 0.25) is 0 Å². The van der Waals surface area contributed by atoms with E-state index in [1.807, 2.05) is 0 Å². The molecule has 34 valence electrons. The van der Waals surface area contributed by atoms with Crippen LogP contribution in [0.4, 0.5) is 0 Å². The van der Waals surface area contributed by atoms with Crippen LogP contribution in [0.5, 0.6) is 0 Å². The fraction of sp³-hybridized carbons (Fsp3) is 1.00. The minimum atomic E-state index is -0.611. The van der Waals surface area contributed by atoms with Crippen molar-refractivity contribution in [2.45, 2.75) is 0 Å². The van der Waals surface area contributed by atoms with Gasteiger partial charge in [0.25, 0.3) is 0 Å². The van der Waals surface area contributed by atoms with E-state index in [-0.39, 0.29) is 21.1 Å². The first-order valence-corrected chi connectivity index (χ1v) is 2.95. The molecule has 1 nitrogen and oxygen atoms in total. The molecule has 5 heavy (non-hydrogen) atoms. The van der Waals surface area contributed by atoms with E-state index in [2.05, 4.69) is 0 Å². The van der Waals surface area contributed by atoms with Crippen molar-refractivity contribution in [3.8, 4) is 0 Å². The average molecular weight is 273 g/mol. The zero-order chi connectivity index (χ0) is 3.58. The largest absolute Gasteiger partial charge is 2.00 e. The third-order valence-electron chi connectivity index (χ3n) is 0. The molecule has 0 aromatic rings. The van der Waals surface area contributed by atoms with Gasteiger partial charge in [-0.15, -0.1) is 0 Å². The predicted molar refractivity (Wildman–Crippen MR) is 20.0 cm³/mol. The molecule has 0 aliphatic heterocycles. The Morgan fingerprint density at radius 3 is 1.40 bits per heavy atom. The molecule has 0 spiro atoms. The van der Waals surface area contributed by atoms with Crippen molar-refractivity contribution in [3.63, 3.8) is 0 Å². The van der Waals surface area contributed by atoms with Gasteiger partial charge in [0, 0.05) is 23.3 Å². The molecule has 0 heterocycles. The summed E-state index contributed by atoms with van der Waals surface area (Å²) in [5.74, 6) is 0. The van der Waals surface area contributed by atoms with E-state index in [1.165, 1.54) is 0 Å². The molecule has 0 radical (unpaired) electrons. The summed E-state index contributed by atoms with van der Waals surface area (Å²) >= 11 is 0. The molecule has 0 N–H and O–H groups in total. The third-order valence-corrected chi connectivity index (χ3v) is 0. The third kappa shape index (κ3) is 55.5. The van der Waals surface area contributed by atoms with Gasteiger partial charge in [-0.05, 0) is 0 Å². The Morgan fingerprint density at radius 1 is 1.40 bits per heavy atom. The average Bonchev–Trinajstić information content (AvgIpc) is 0.811. The molecule has 0 atom stereocenters. The molecule has 0 aromatic heterocycles. The summed E-state index contributed by atoms with van der Waals surface area (Å²) in [6.07, 6.45) is 3.28. The Hall–Kier alpha value is 0.838. The summed E-state index contributed by atoms with van der Waals surface area (Å²) in [4.78, 5) is 0. The van der Waals surface area contributed by atoms with Crippen molar-refractivity contribution >= 4 is 10.8 Å². The van der Waals surface area contributed by atoms with Crippen LogP contribution in [0.1, 0.15) is 0 Å². The van der Waals surface area contributed by atoms with Crippen LogP contribution in [0.3, 0.4) is 0 Å². The van der Waals surface area contributed by atoms with Crippen molar-refractivity contribution in [3.05, 3.63) is 0 Å². The topological polar surface area (TPSA) is 17.1 Å². The summed E-state index contributed by atoms with van der Waals surface area (Å²) in [6.45, 7) is 0. The van der Waals surface area contributed by atoms with Gasteiger partial charge in [-0.1, -0.05) is 0 Å². The second-order valence-corrected chi connectivity index (χ2v) is 2.22. The fourth-order valence-electron chi connectivity index (χ4n) is 0. The molecular formula is C2H6OPtS+2. The Labute approximate surface area is 48.9 Å². The molecular weight excluding hydrogens is 267 g/mol. The van der Waals surface area contributed by atoms with Gasteiger partial charge < -0.3 is 0 Å². The van der Waals surface area contributed by atoms with E-state index in [0.717, 1.165) is 0 Å². The maximum absolute atomic E-state index is 9.56. The fourth-order valence-corrected chi connectivity index (χ4v) is 0. The van der Waals surface area contributed by atoms with Gasteiger partial charge in [-0.3, -0.25) is 4.21 Å². The normalized spacial score (nSPS) is 7.00. The summed E-state index contributed by atoms with van der Waals surface area (Å²) in [7, 11) is -0.611. The summed E-state index contributed by atoms with van der Waals surface area (Å²) in [6, 6.07) is 0. The van der Waals surface area contributed by atoms with Crippen LogP contribution in [-0.4, -0.2) is 16.7 Å². The Bertz CT molecular complexity index is 32.6. The summed E-state index contributed by atoms with van der Waals surface area (Å²) < 4.78 is 9.56. The van der Waals surface area contributed by atoms with E-state index >= 15 is 0 Å². The van der Waals surface area contributed by atoms with E-state index in [1.54, 1.807) is 12.5 Å². The van der Waals surface area contributed by atoms with Crippen LogP contribution >= 0.6 is 0 Å².